The van der Waals surface area contributed by atoms with Crippen molar-refractivity contribution in [2.45, 2.75) is 65.0 Å². The number of halogens is 3. The van der Waals surface area contributed by atoms with E-state index in [2.05, 4.69) is 0 Å². The van der Waals surface area contributed by atoms with Gasteiger partial charge in [-0.15, -0.1) is 0 Å². The number of hydrogen-bond donors (Lipinski definition) is 1. The van der Waals surface area contributed by atoms with Gasteiger partial charge >= 0.3 is 6.18 Å². The quantitative estimate of drug-likeness (QED) is 0.673. The number of ether oxygens (including phenoxy) is 2. The highest BCUT2D eigenvalue weighted by molar-refractivity contribution is 5.87. The Morgan fingerprint density at radius 3 is 2.19 bits per heavy atom. The maximum atomic E-state index is 12.4. The minimum absolute atomic E-state index is 0.0109. The molecular weight excluding hydrogens is 289 g/mol. The van der Waals surface area contributed by atoms with Crippen LogP contribution in [-0.2, 0) is 14.3 Å². The van der Waals surface area contributed by atoms with Crippen LogP contribution >= 0.6 is 0 Å². The molecular formula is C14H25F3O4. The lowest BCUT2D eigenvalue weighted by Gasteiger charge is -2.22. The summed E-state index contributed by atoms with van der Waals surface area (Å²) in [6.45, 7) is 7.62. The molecule has 0 aromatic heterocycles. The third-order valence-electron chi connectivity index (χ3n) is 2.88. The van der Waals surface area contributed by atoms with E-state index in [0.29, 0.717) is 0 Å². The Morgan fingerprint density at radius 2 is 1.76 bits per heavy atom. The molecule has 0 aromatic carbocycles. The Labute approximate surface area is 123 Å². The zero-order valence-electron chi connectivity index (χ0n) is 12.9. The highest BCUT2D eigenvalue weighted by atomic mass is 19.4. The highest BCUT2D eigenvalue weighted by Crippen LogP contribution is 2.23. The van der Waals surface area contributed by atoms with Gasteiger partial charge in [0.1, 0.15) is 6.10 Å². The van der Waals surface area contributed by atoms with Gasteiger partial charge in [-0.25, -0.2) is 0 Å². The van der Waals surface area contributed by atoms with Crippen LogP contribution in [0.15, 0.2) is 0 Å². The van der Waals surface area contributed by atoms with E-state index in [4.69, 9.17) is 14.6 Å². The Hall–Kier alpha value is -0.660. The lowest BCUT2D eigenvalue weighted by molar-refractivity contribution is -0.209. The lowest BCUT2D eigenvalue weighted by Crippen LogP contribution is -2.44. The van der Waals surface area contributed by atoms with E-state index >= 15 is 0 Å². The molecule has 0 saturated carbocycles. The summed E-state index contributed by atoms with van der Waals surface area (Å²) in [4.78, 5) is 11.7. The molecule has 4 nitrogen and oxygen atoms in total. The van der Waals surface area contributed by atoms with E-state index < -0.39 is 24.2 Å². The van der Waals surface area contributed by atoms with Crippen molar-refractivity contribution >= 4 is 5.78 Å². The van der Waals surface area contributed by atoms with Crippen molar-refractivity contribution in [1.82, 2.24) is 0 Å². The van der Waals surface area contributed by atoms with Gasteiger partial charge in [-0.2, -0.15) is 13.2 Å². The number of hydrogen-bond acceptors (Lipinski definition) is 4. The van der Waals surface area contributed by atoms with Crippen molar-refractivity contribution in [3.63, 3.8) is 0 Å². The number of ketones is 1. The van der Waals surface area contributed by atoms with Crippen LogP contribution in [0.4, 0.5) is 13.2 Å². The number of carbonyl (C=O) groups is 1. The molecule has 0 aliphatic rings. The second kappa shape index (κ2) is 9.38. The molecule has 0 bridgehead atoms. The van der Waals surface area contributed by atoms with Gasteiger partial charge in [-0.05, 0) is 19.3 Å². The molecule has 0 heterocycles. The van der Waals surface area contributed by atoms with Crippen LogP contribution < -0.4 is 0 Å². The average Bonchev–Trinajstić information content (AvgIpc) is 2.39. The predicted molar refractivity (Wildman–Crippen MR) is 72.0 cm³/mol. The fraction of sp³-hybridized carbons (Fsp3) is 0.929. The van der Waals surface area contributed by atoms with Gasteiger partial charge in [0.2, 0.25) is 6.10 Å². The first-order chi connectivity index (χ1) is 9.59. The second-order valence-electron chi connectivity index (χ2n) is 5.44. The summed E-state index contributed by atoms with van der Waals surface area (Å²) in [5, 5.41) is 9.05. The van der Waals surface area contributed by atoms with Crippen LogP contribution in [0.3, 0.4) is 0 Å². The fourth-order valence-electron chi connectivity index (χ4n) is 1.45. The summed E-state index contributed by atoms with van der Waals surface area (Å²) in [7, 11) is 0. The molecule has 3 atom stereocenters. The monoisotopic (exact) mass is 314 g/mol. The van der Waals surface area contributed by atoms with Crippen molar-refractivity contribution in [1.29, 1.82) is 0 Å². The molecule has 7 heteroatoms. The SMILES string of the molecule is CCC(C)OCCC(OCC(C)C)C(=O)C(O)C(F)(F)F. The number of aliphatic hydroxyl groups excluding tert-OH is 1. The van der Waals surface area contributed by atoms with Crippen molar-refractivity contribution in [2.24, 2.45) is 5.92 Å². The molecule has 0 aliphatic heterocycles. The van der Waals surface area contributed by atoms with Gasteiger partial charge in [0.05, 0.1) is 6.10 Å². The average molecular weight is 314 g/mol. The van der Waals surface area contributed by atoms with E-state index in [1.165, 1.54) is 0 Å². The molecule has 0 aliphatic carbocycles. The topological polar surface area (TPSA) is 55.8 Å². The summed E-state index contributed by atoms with van der Waals surface area (Å²) < 4.78 is 47.8. The first-order valence-corrected chi connectivity index (χ1v) is 7.11. The zero-order valence-corrected chi connectivity index (χ0v) is 12.9. The molecule has 0 rings (SSSR count). The van der Waals surface area contributed by atoms with Crippen LogP contribution in [-0.4, -0.2) is 48.6 Å². The molecule has 21 heavy (non-hydrogen) atoms. The molecule has 0 amide bonds. The molecule has 0 spiro atoms. The Kier molecular flexibility index (Phi) is 9.08. The highest BCUT2D eigenvalue weighted by Gasteiger charge is 2.46. The number of Topliss-reactive ketones (excluding diaryl/α,β-unsaturated/α-hetero) is 1. The minimum atomic E-state index is -4.98. The lowest BCUT2D eigenvalue weighted by atomic mass is 10.1. The molecule has 3 unspecified atom stereocenters. The van der Waals surface area contributed by atoms with Gasteiger partial charge < -0.3 is 14.6 Å². The molecule has 0 saturated heterocycles. The normalized spacial score (nSPS) is 16.8. The summed E-state index contributed by atoms with van der Waals surface area (Å²) >= 11 is 0. The number of alkyl halides is 3. The summed E-state index contributed by atoms with van der Waals surface area (Å²) in [5.41, 5.74) is 0. The van der Waals surface area contributed by atoms with Crippen molar-refractivity contribution in [2.75, 3.05) is 13.2 Å². The second-order valence-corrected chi connectivity index (χ2v) is 5.44. The van der Waals surface area contributed by atoms with Gasteiger partial charge in [0.15, 0.2) is 5.78 Å². The van der Waals surface area contributed by atoms with E-state index in [1.807, 2.05) is 27.7 Å². The van der Waals surface area contributed by atoms with Gasteiger partial charge in [-0.3, -0.25) is 4.79 Å². The van der Waals surface area contributed by atoms with E-state index in [9.17, 15) is 18.0 Å². The van der Waals surface area contributed by atoms with Crippen LogP contribution in [0.5, 0.6) is 0 Å². The van der Waals surface area contributed by atoms with Crippen LogP contribution in [0.2, 0.25) is 0 Å². The van der Waals surface area contributed by atoms with Gasteiger partial charge in [0.25, 0.3) is 0 Å². The number of aliphatic hydroxyl groups is 1. The largest absolute Gasteiger partial charge is 0.421 e. The third kappa shape index (κ3) is 8.38. The Balaban J connectivity index is 4.61. The Bertz CT molecular complexity index is 305. The van der Waals surface area contributed by atoms with E-state index in [0.717, 1.165) is 6.42 Å². The summed E-state index contributed by atoms with van der Waals surface area (Å²) in [6.07, 6.45) is -8.60. The van der Waals surface area contributed by atoms with Crippen molar-refractivity contribution in [3.05, 3.63) is 0 Å². The molecule has 0 aromatic rings. The minimum Gasteiger partial charge on any atom is -0.378 e. The van der Waals surface area contributed by atoms with Gasteiger partial charge in [0, 0.05) is 19.6 Å². The summed E-state index contributed by atoms with van der Waals surface area (Å²) in [5.74, 6) is -1.30. The van der Waals surface area contributed by atoms with Crippen LogP contribution in [0.1, 0.15) is 40.5 Å². The predicted octanol–water partition coefficient (Wildman–Crippen LogP) is 2.73. The number of rotatable bonds is 10. The maximum absolute atomic E-state index is 12.4. The number of carbonyl (C=O) groups excluding carboxylic acids is 1. The molecule has 1 N–H and O–H groups in total. The van der Waals surface area contributed by atoms with Crippen LogP contribution in [0, 0.1) is 5.92 Å². The first kappa shape index (κ1) is 20.3. The van der Waals surface area contributed by atoms with Gasteiger partial charge in [-0.1, -0.05) is 20.8 Å². The fourth-order valence-corrected chi connectivity index (χ4v) is 1.45. The standard InChI is InChI=1S/C14H25F3O4/c1-5-10(4)20-7-6-11(21-8-9(2)3)12(18)13(19)14(15,16)17/h9-11,13,19H,5-8H2,1-4H3. The summed E-state index contributed by atoms with van der Waals surface area (Å²) in [6, 6.07) is 0. The molecule has 126 valence electrons. The smallest absolute Gasteiger partial charge is 0.378 e. The molecule has 0 radical (unpaired) electrons. The third-order valence-corrected chi connectivity index (χ3v) is 2.88. The Morgan fingerprint density at radius 1 is 1.19 bits per heavy atom. The first-order valence-electron chi connectivity index (χ1n) is 7.11. The maximum Gasteiger partial charge on any atom is 0.421 e. The van der Waals surface area contributed by atoms with Crippen molar-refractivity contribution in [3.8, 4) is 0 Å². The van der Waals surface area contributed by atoms with E-state index in [1.54, 1.807) is 0 Å². The van der Waals surface area contributed by atoms with Crippen molar-refractivity contribution < 1.29 is 32.5 Å². The van der Waals surface area contributed by atoms with Crippen LogP contribution in [0.25, 0.3) is 0 Å². The zero-order chi connectivity index (χ0) is 16.6. The van der Waals surface area contributed by atoms with E-state index in [-0.39, 0.29) is 31.7 Å². The molecule has 0 fully saturated rings.